The summed E-state index contributed by atoms with van der Waals surface area (Å²) in [4.78, 5) is 2.34. The van der Waals surface area contributed by atoms with Crippen molar-refractivity contribution in [1.29, 1.82) is 0 Å². The second kappa shape index (κ2) is 7.40. The number of aromatic nitrogens is 1. The molecule has 0 N–H and O–H groups in total. The quantitative estimate of drug-likeness (QED) is 0.695. The molecule has 1 aliphatic carbocycles. The van der Waals surface area contributed by atoms with Gasteiger partial charge in [0.05, 0.1) is 0 Å². The van der Waals surface area contributed by atoms with Crippen LogP contribution in [0.3, 0.4) is 0 Å². The van der Waals surface area contributed by atoms with Gasteiger partial charge in [-0.15, -0.1) is 17.0 Å². The molecule has 0 saturated heterocycles. The highest BCUT2D eigenvalue weighted by molar-refractivity contribution is 8.93. The Hall–Kier alpha value is -0.800. The van der Waals surface area contributed by atoms with E-state index in [2.05, 4.69) is 61.7 Å². The molecule has 128 valence electrons. The van der Waals surface area contributed by atoms with Gasteiger partial charge in [-0.05, 0) is 71.3 Å². The molecule has 1 unspecified atom stereocenters. The largest absolute Gasteiger partial charge is 0.344 e. The van der Waals surface area contributed by atoms with E-state index in [0.29, 0.717) is 5.41 Å². The van der Waals surface area contributed by atoms with Gasteiger partial charge in [0.15, 0.2) is 0 Å². The molecular formula is C20H31BrN2. The highest BCUT2D eigenvalue weighted by Crippen LogP contribution is 2.46. The summed E-state index contributed by atoms with van der Waals surface area (Å²) in [7, 11) is 4.39. The van der Waals surface area contributed by atoms with Gasteiger partial charge in [0.1, 0.15) is 0 Å². The number of benzene rings is 1. The summed E-state index contributed by atoms with van der Waals surface area (Å²) in [5.41, 5.74) is 5.11. The molecule has 0 spiro atoms. The Balaban J connectivity index is 0.00000192. The normalized spacial score (nSPS) is 20.6. The van der Waals surface area contributed by atoms with Gasteiger partial charge in [-0.2, -0.15) is 0 Å². The average Bonchev–Trinajstić information content (AvgIpc) is 2.87. The van der Waals surface area contributed by atoms with E-state index in [1.54, 1.807) is 11.3 Å². The van der Waals surface area contributed by atoms with E-state index < -0.39 is 0 Å². The fourth-order valence-electron chi connectivity index (χ4n) is 4.49. The van der Waals surface area contributed by atoms with Crippen LogP contribution < -0.4 is 0 Å². The van der Waals surface area contributed by atoms with Gasteiger partial charge >= 0.3 is 0 Å². The van der Waals surface area contributed by atoms with Crippen molar-refractivity contribution in [2.24, 2.45) is 0 Å². The van der Waals surface area contributed by atoms with Crippen LogP contribution in [0.15, 0.2) is 24.3 Å². The molecule has 3 rings (SSSR count). The summed E-state index contributed by atoms with van der Waals surface area (Å²) in [5.74, 6) is 0. The van der Waals surface area contributed by atoms with Crippen LogP contribution in [0, 0.1) is 0 Å². The molecule has 0 bridgehead atoms. The number of hydrogen-bond donors (Lipinski definition) is 0. The molecule has 1 aromatic heterocycles. The average molecular weight is 379 g/mol. The third-order valence-corrected chi connectivity index (χ3v) is 5.69. The van der Waals surface area contributed by atoms with Gasteiger partial charge in [-0.1, -0.05) is 25.1 Å². The van der Waals surface area contributed by atoms with Crippen molar-refractivity contribution in [3.63, 3.8) is 0 Å². The molecule has 0 amide bonds. The van der Waals surface area contributed by atoms with Gasteiger partial charge < -0.3 is 9.47 Å². The topological polar surface area (TPSA) is 8.17 Å². The van der Waals surface area contributed by atoms with E-state index >= 15 is 0 Å². The van der Waals surface area contributed by atoms with E-state index in [9.17, 15) is 0 Å². The van der Waals surface area contributed by atoms with Crippen LogP contribution in [-0.4, -0.2) is 30.1 Å². The maximum atomic E-state index is 2.61. The van der Waals surface area contributed by atoms with E-state index in [0.717, 1.165) is 6.54 Å². The third kappa shape index (κ3) is 3.10. The van der Waals surface area contributed by atoms with E-state index in [1.165, 1.54) is 49.6 Å². The summed E-state index contributed by atoms with van der Waals surface area (Å²) >= 11 is 0. The summed E-state index contributed by atoms with van der Waals surface area (Å²) in [6, 6.07) is 9.03. The smallest absolute Gasteiger partial charge is 0.0485 e. The lowest BCUT2D eigenvalue weighted by Gasteiger charge is -2.39. The van der Waals surface area contributed by atoms with Crippen molar-refractivity contribution >= 4 is 27.9 Å². The SMILES string of the molecule is Br.CCn1c2c(c3ccccc31)CCCC2(CC)CCN(C)C. The van der Waals surface area contributed by atoms with Crippen molar-refractivity contribution in [2.45, 2.75) is 57.9 Å². The van der Waals surface area contributed by atoms with Crippen molar-refractivity contribution in [3.05, 3.63) is 35.5 Å². The highest BCUT2D eigenvalue weighted by Gasteiger charge is 2.38. The molecule has 0 saturated carbocycles. The molecule has 2 aromatic rings. The van der Waals surface area contributed by atoms with Gasteiger partial charge in [0, 0.05) is 28.6 Å². The molecule has 2 nitrogen and oxygen atoms in total. The van der Waals surface area contributed by atoms with E-state index in [-0.39, 0.29) is 17.0 Å². The lowest BCUT2D eigenvalue weighted by Crippen LogP contribution is -2.35. The van der Waals surface area contributed by atoms with Crippen LogP contribution in [0.4, 0.5) is 0 Å². The zero-order valence-corrected chi connectivity index (χ0v) is 16.8. The first-order valence-corrected chi connectivity index (χ1v) is 8.88. The molecule has 3 heteroatoms. The summed E-state index contributed by atoms with van der Waals surface area (Å²) in [6.45, 7) is 6.95. The number of aryl methyl sites for hydroxylation is 2. The first-order valence-electron chi connectivity index (χ1n) is 8.88. The molecule has 1 aliphatic rings. The maximum absolute atomic E-state index is 2.61. The predicted molar refractivity (Wildman–Crippen MR) is 106 cm³/mol. The fourth-order valence-corrected chi connectivity index (χ4v) is 4.49. The zero-order chi connectivity index (χ0) is 15.7. The van der Waals surface area contributed by atoms with Gasteiger partial charge in [-0.3, -0.25) is 0 Å². The first kappa shape index (κ1) is 18.5. The Morgan fingerprint density at radius 1 is 1.17 bits per heavy atom. The van der Waals surface area contributed by atoms with Crippen LogP contribution in [0.1, 0.15) is 50.8 Å². The number of para-hydroxylation sites is 1. The van der Waals surface area contributed by atoms with Crippen molar-refractivity contribution in [3.8, 4) is 0 Å². The molecule has 1 atom stereocenters. The molecular weight excluding hydrogens is 348 g/mol. The minimum absolute atomic E-state index is 0. The molecule has 1 heterocycles. The minimum Gasteiger partial charge on any atom is -0.344 e. The highest BCUT2D eigenvalue weighted by atomic mass is 79.9. The Morgan fingerprint density at radius 3 is 2.57 bits per heavy atom. The van der Waals surface area contributed by atoms with Crippen LogP contribution in [-0.2, 0) is 18.4 Å². The van der Waals surface area contributed by atoms with Crippen molar-refractivity contribution in [2.75, 3.05) is 20.6 Å². The number of halogens is 1. The number of rotatable bonds is 5. The molecule has 23 heavy (non-hydrogen) atoms. The lowest BCUT2D eigenvalue weighted by atomic mass is 9.69. The summed E-state index contributed by atoms with van der Waals surface area (Å²) in [6.07, 6.45) is 6.48. The summed E-state index contributed by atoms with van der Waals surface area (Å²) in [5, 5.41) is 1.50. The Bertz CT molecular complexity index is 626. The number of nitrogens with zero attached hydrogens (tertiary/aromatic N) is 2. The standard InChI is InChI=1S/C20H30N2.BrH/c1-5-20(14-15-21(3)4)13-9-11-17-16-10-7-8-12-18(16)22(6-2)19(17)20;/h7-8,10,12H,5-6,9,11,13-15H2,1-4H3;1H. The minimum atomic E-state index is 0. The molecule has 0 aliphatic heterocycles. The fraction of sp³-hybridized carbons (Fsp3) is 0.600. The lowest BCUT2D eigenvalue weighted by molar-refractivity contribution is 0.261. The van der Waals surface area contributed by atoms with Crippen molar-refractivity contribution < 1.29 is 0 Å². The van der Waals surface area contributed by atoms with Gasteiger partial charge in [0.2, 0.25) is 0 Å². The van der Waals surface area contributed by atoms with Crippen LogP contribution >= 0.6 is 17.0 Å². The molecule has 0 radical (unpaired) electrons. The Labute approximate surface area is 151 Å². The second-order valence-corrected chi connectivity index (χ2v) is 7.13. The predicted octanol–water partition coefficient (Wildman–Crippen LogP) is 5.17. The van der Waals surface area contributed by atoms with Crippen LogP contribution in [0.5, 0.6) is 0 Å². The second-order valence-electron chi connectivity index (χ2n) is 7.13. The molecule has 0 fully saturated rings. The van der Waals surface area contributed by atoms with E-state index in [1.807, 2.05) is 0 Å². The number of fused-ring (bicyclic) bond motifs is 3. The van der Waals surface area contributed by atoms with Gasteiger partial charge in [0.25, 0.3) is 0 Å². The maximum Gasteiger partial charge on any atom is 0.0485 e. The van der Waals surface area contributed by atoms with Gasteiger partial charge in [-0.25, -0.2) is 0 Å². The van der Waals surface area contributed by atoms with Crippen LogP contribution in [0.2, 0.25) is 0 Å². The Morgan fingerprint density at radius 2 is 1.91 bits per heavy atom. The number of hydrogen-bond acceptors (Lipinski definition) is 1. The summed E-state index contributed by atoms with van der Waals surface area (Å²) < 4.78 is 2.61. The first-order chi connectivity index (χ1) is 10.6. The van der Waals surface area contributed by atoms with Crippen molar-refractivity contribution in [1.82, 2.24) is 9.47 Å². The Kier molecular flexibility index (Phi) is 5.96. The monoisotopic (exact) mass is 378 g/mol. The third-order valence-electron chi connectivity index (χ3n) is 5.69. The van der Waals surface area contributed by atoms with Crippen LogP contribution in [0.25, 0.3) is 10.9 Å². The zero-order valence-electron chi connectivity index (χ0n) is 15.1. The molecule has 1 aromatic carbocycles. The van der Waals surface area contributed by atoms with E-state index in [4.69, 9.17) is 0 Å².